The van der Waals surface area contributed by atoms with E-state index in [9.17, 15) is 13.2 Å². The van der Waals surface area contributed by atoms with E-state index in [4.69, 9.17) is 21.6 Å². The molecule has 142 valence electrons. The molecule has 1 heterocycles. The molecule has 0 radical (unpaired) electrons. The minimum atomic E-state index is -4.76. The maximum atomic E-state index is 13.7. The average Bonchev–Trinajstić information content (AvgIpc) is 3.07. The number of halogens is 4. The van der Waals surface area contributed by atoms with Crippen molar-refractivity contribution in [1.82, 2.24) is 15.1 Å². The van der Waals surface area contributed by atoms with Crippen molar-refractivity contribution in [3.05, 3.63) is 71.5 Å². The maximum absolute atomic E-state index is 13.7. The highest BCUT2D eigenvalue weighted by Gasteiger charge is 2.39. The number of rotatable bonds is 3. The fourth-order valence-electron chi connectivity index (χ4n) is 2.30. The molecule has 10 heteroatoms. The Morgan fingerprint density at radius 3 is 2.43 bits per heavy atom. The van der Waals surface area contributed by atoms with Crippen molar-refractivity contribution < 1.29 is 17.9 Å². The van der Waals surface area contributed by atoms with Crippen LogP contribution in [0, 0.1) is 11.5 Å². The maximum Gasteiger partial charge on any atom is 0.435 e. The van der Waals surface area contributed by atoms with Crippen molar-refractivity contribution in [2.75, 3.05) is 0 Å². The fraction of sp³-hybridized carbons (Fsp3) is 0.0556. The van der Waals surface area contributed by atoms with Gasteiger partial charge >= 0.3 is 12.2 Å². The number of nitrogens with one attached hydrogen (secondary N) is 1. The molecule has 0 aliphatic rings. The quantitative estimate of drug-likeness (QED) is 0.297. The number of ether oxygens (including phenoxy) is 1. The van der Waals surface area contributed by atoms with Gasteiger partial charge in [0.05, 0.1) is 11.9 Å². The Bertz CT molecular complexity index is 1020. The van der Waals surface area contributed by atoms with E-state index in [0.717, 1.165) is 6.20 Å². The van der Waals surface area contributed by atoms with Crippen molar-refractivity contribution in [1.29, 1.82) is 5.26 Å². The van der Waals surface area contributed by atoms with Gasteiger partial charge in [-0.3, -0.25) is 0 Å². The van der Waals surface area contributed by atoms with E-state index in [1.807, 2.05) is 0 Å². The first kappa shape index (κ1) is 19.3. The molecule has 6 nitrogen and oxygen atoms in total. The second kappa shape index (κ2) is 8.02. The van der Waals surface area contributed by atoms with Crippen molar-refractivity contribution in [2.24, 2.45) is 4.99 Å². The van der Waals surface area contributed by atoms with Crippen molar-refractivity contribution in [3.63, 3.8) is 0 Å². The Hall–Kier alpha value is -3.51. The number of para-hydroxylation sites is 1. The number of nitriles is 1. The first-order valence-electron chi connectivity index (χ1n) is 7.76. The number of nitrogens with zero attached hydrogens (tertiary/aromatic N) is 4. The van der Waals surface area contributed by atoms with Gasteiger partial charge in [-0.05, 0) is 36.4 Å². The third-order valence-corrected chi connectivity index (χ3v) is 3.68. The second-order valence-corrected chi connectivity index (χ2v) is 5.77. The molecular weight excluding hydrogens is 395 g/mol. The summed E-state index contributed by atoms with van der Waals surface area (Å²) in [7, 11) is 0. The number of hydrogen-bond acceptors (Lipinski definition) is 4. The Balaban J connectivity index is 2.06. The van der Waals surface area contributed by atoms with Crippen molar-refractivity contribution >= 4 is 23.3 Å². The molecule has 0 saturated carbocycles. The third kappa shape index (κ3) is 4.42. The molecule has 0 spiro atoms. The van der Waals surface area contributed by atoms with Crippen LogP contribution in [0.2, 0.25) is 5.02 Å². The molecule has 1 aromatic heterocycles. The van der Waals surface area contributed by atoms with Crippen LogP contribution in [0.3, 0.4) is 0 Å². The van der Waals surface area contributed by atoms with Gasteiger partial charge in [0.2, 0.25) is 0 Å². The molecule has 0 saturated heterocycles. The molecule has 0 fully saturated rings. The van der Waals surface area contributed by atoms with E-state index < -0.39 is 23.6 Å². The minimum absolute atomic E-state index is 0.150. The lowest BCUT2D eigenvalue weighted by molar-refractivity contribution is -0.142. The summed E-state index contributed by atoms with van der Waals surface area (Å²) in [6.07, 6.45) is -2.25. The molecule has 0 atom stereocenters. The van der Waals surface area contributed by atoms with Gasteiger partial charge in [0.1, 0.15) is 11.4 Å². The second-order valence-electron chi connectivity index (χ2n) is 5.33. The number of benzene rings is 2. The summed E-state index contributed by atoms with van der Waals surface area (Å²) in [6, 6.07) is 13.5. The summed E-state index contributed by atoms with van der Waals surface area (Å²) >= 11 is 5.79. The lowest BCUT2D eigenvalue weighted by atomic mass is 10.3. The summed E-state index contributed by atoms with van der Waals surface area (Å²) in [5, 5.41) is 15.1. The summed E-state index contributed by atoms with van der Waals surface area (Å²) in [6.45, 7) is 0. The van der Waals surface area contributed by atoms with Crippen molar-refractivity contribution in [3.8, 4) is 17.6 Å². The van der Waals surface area contributed by atoms with E-state index in [1.54, 1.807) is 36.5 Å². The fourth-order valence-corrected chi connectivity index (χ4v) is 2.42. The van der Waals surface area contributed by atoms with Crippen molar-refractivity contribution in [2.45, 2.75) is 6.18 Å². The van der Waals surface area contributed by atoms with Crippen LogP contribution in [0.25, 0.3) is 5.69 Å². The standard InChI is InChI=1S/C18H11ClF3N5O/c19-12-6-8-13(9-7-12)27-16(18(20,21)22)15(10-25-27)26-17(24-11-23)28-14-4-2-1-3-5-14/h1-10H,(H,24,26). The summed E-state index contributed by atoms with van der Waals surface area (Å²) in [5.74, 6) is 0.294. The van der Waals surface area contributed by atoms with E-state index in [-0.39, 0.29) is 5.69 Å². The van der Waals surface area contributed by atoms with Gasteiger partial charge in [-0.25, -0.2) is 10.00 Å². The van der Waals surface area contributed by atoms with Gasteiger partial charge in [-0.2, -0.15) is 28.5 Å². The number of aliphatic imine (C=N–C) groups is 1. The molecule has 0 unspecified atom stereocenters. The SMILES string of the molecule is N#CNC(=Nc1cnn(-c2ccc(Cl)cc2)c1C(F)(F)F)Oc1ccccc1. The largest absolute Gasteiger partial charge is 0.435 e. The van der Waals surface area contributed by atoms with Crippen LogP contribution in [0.4, 0.5) is 18.9 Å². The Morgan fingerprint density at radius 1 is 1.14 bits per heavy atom. The first-order valence-corrected chi connectivity index (χ1v) is 8.14. The molecule has 3 aromatic rings. The Morgan fingerprint density at radius 2 is 1.82 bits per heavy atom. The number of amidine groups is 1. The molecule has 0 amide bonds. The number of aromatic nitrogens is 2. The third-order valence-electron chi connectivity index (χ3n) is 3.43. The predicted molar refractivity (Wildman–Crippen MR) is 96.5 cm³/mol. The summed E-state index contributed by atoms with van der Waals surface area (Å²) in [5.41, 5.74) is -1.49. The summed E-state index contributed by atoms with van der Waals surface area (Å²) < 4.78 is 47.1. The van der Waals surface area contributed by atoms with Crippen LogP contribution < -0.4 is 10.1 Å². The zero-order valence-corrected chi connectivity index (χ0v) is 14.7. The lowest BCUT2D eigenvalue weighted by Crippen LogP contribution is -2.24. The van der Waals surface area contributed by atoms with E-state index in [2.05, 4.69) is 15.4 Å². The highest BCUT2D eigenvalue weighted by atomic mass is 35.5. The highest BCUT2D eigenvalue weighted by Crippen LogP contribution is 2.37. The molecule has 0 aliphatic heterocycles. The number of hydrogen-bond donors (Lipinski definition) is 1. The molecular formula is C18H11ClF3N5O. The van der Waals surface area contributed by atoms with Crippen LogP contribution >= 0.6 is 11.6 Å². The van der Waals surface area contributed by atoms with Crippen LogP contribution in [0.5, 0.6) is 5.75 Å². The monoisotopic (exact) mass is 405 g/mol. The minimum Gasteiger partial charge on any atom is -0.425 e. The van der Waals surface area contributed by atoms with Gasteiger partial charge in [-0.15, -0.1) is 0 Å². The number of alkyl halides is 3. The van der Waals surface area contributed by atoms with Crippen LogP contribution in [0.1, 0.15) is 5.69 Å². The molecule has 2 aromatic carbocycles. The van der Waals surface area contributed by atoms with E-state index in [0.29, 0.717) is 15.5 Å². The van der Waals surface area contributed by atoms with Gasteiger partial charge in [-0.1, -0.05) is 29.8 Å². The lowest BCUT2D eigenvalue weighted by Gasteiger charge is -2.12. The van der Waals surface area contributed by atoms with E-state index in [1.165, 1.54) is 24.3 Å². The average molecular weight is 406 g/mol. The molecule has 28 heavy (non-hydrogen) atoms. The van der Waals surface area contributed by atoms with Gasteiger partial charge in [0.25, 0.3) is 0 Å². The zero-order valence-electron chi connectivity index (χ0n) is 14.0. The first-order chi connectivity index (χ1) is 13.4. The van der Waals surface area contributed by atoms with Gasteiger partial charge in [0, 0.05) is 5.02 Å². The Labute approximate surface area is 162 Å². The van der Waals surface area contributed by atoms with Crippen LogP contribution in [-0.2, 0) is 6.18 Å². The van der Waals surface area contributed by atoms with Gasteiger partial charge < -0.3 is 4.74 Å². The Kier molecular flexibility index (Phi) is 5.52. The van der Waals surface area contributed by atoms with Crippen LogP contribution in [0.15, 0.2) is 65.8 Å². The molecule has 3 rings (SSSR count). The van der Waals surface area contributed by atoms with Gasteiger partial charge in [0.15, 0.2) is 11.9 Å². The predicted octanol–water partition coefficient (Wildman–Crippen LogP) is 4.68. The topological polar surface area (TPSA) is 75.2 Å². The zero-order chi connectivity index (χ0) is 20.1. The summed E-state index contributed by atoms with van der Waals surface area (Å²) in [4.78, 5) is 3.81. The molecule has 0 bridgehead atoms. The van der Waals surface area contributed by atoms with Crippen LogP contribution in [-0.4, -0.2) is 15.8 Å². The van der Waals surface area contributed by atoms with E-state index >= 15 is 0 Å². The highest BCUT2D eigenvalue weighted by molar-refractivity contribution is 6.30. The smallest absolute Gasteiger partial charge is 0.425 e. The molecule has 1 N–H and O–H groups in total. The molecule has 0 aliphatic carbocycles. The normalized spacial score (nSPS) is 11.8.